The number of amides is 2. The number of carbonyl (C=O) groups is 2. The van der Waals surface area contributed by atoms with Crippen molar-refractivity contribution in [3.05, 3.63) is 59.3 Å². The fraction of sp³-hybridized carbons (Fsp3) is 0.381. The number of carbonyl (C=O) groups excluding carboxylic acids is 2. The van der Waals surface area contributed by atoms with Crippen molar-refractivity contribution in [1.29, 1.82) is 0 Å². The molecular formula is C21H20F5N3O3. The van der Waals surface area contributed by atoms with E-state index in [-0.39, 0.29) is 42.9 Å². The van der Waals surface area contributed by atoms with E-state index in [1.54, 1.807) is 6.07 Å². The van der Waals surface area contributed by atoms with Crippen LogP contribution in [0.1, 0.15) is 28.8 Å². The lowest BCUT2D eigenvalue weighted by atomic mass is 9.95. The second-order valence-electron chi connectivity index (χ2n) is 7.31. The summed E-state index contributed by atoms with van der Waals surface area (Å²) in [6.45, 7) is -0.921. The summed E-state index contributed by atoms with van der Waals surface area (Å²) in [6, 6.07) is 5.60. The van der Waals surface area contributed by atoms with Crippen molar-refractivity contribution in [3.63, 3.8) is 0 Å². The van der Waals surface area contributed by atoms with Crippen LogP contribution in [0.4, 0.5) is 22.0 Å². The van der Waals surface area contributed by atoms with E-state index in [1.165, 1.54) is 17.2 Å². The van der Waals surface area contributed by atoms with Gasteiger partial charge >= 0.3 is 6.18 Å². The average molecular weight is 457 g/mol. The van der Waals surface area contributed by atoms with Gasteiger partial charge in [-0.15, -0.1) is 0 Å². The summed E-state index contributed by atoms with van der Waals surface area (Å²) in [5, 5.41) is 2.71. The first-order valence-corrected chi connectivity index (χ1v) is 9.79. The summed E-state index contributed by atoms with van der Waals surface area (Å²) in [5.41, 5.74) is 0.292. The number of nitrogens with zero attached hydrogens (tertiary/aromatic N) is 2. The number of halogens is 5. The molecule has 1 fully saturated rings. The molecule has 1 aliphatic heterocycles. The largest absolute Gasteiger partial charge is 0.468 e. The van der Waals surface area contributed by atoms with E-state index in [9.17, 15) is 31.5 Å². The Hall–Kier alpha value is -3.24. The molecule has 1 N–H and O–H groups in total. The fourth-order valence-electron chi connectivity index (χ4n) is 3.31. The molecule has 32 heavy (non-hydrogen) atoms. The highest BCUT2D eigenvalue weighted by Gasteiger charge is 2.30. The molecule has 0 spiro atoms. The molecule has 2 aromatic rings. The van der Waals surface area contributed by atoms with Crippen molar-refractivity contribution in [2.45, 2.75) is 25.6 Å². The lowest BCUT2D eigenvalue weighted by Crippen LogP contribution is -2.43. The maximum Gasteiger partial charge on any atom is 0.422 e. The highest BCUT2D eigenvalue weighted by molar-refractivity contribution is 5.94. The number of alkyl halides is 3. The third-order valence-electron chi connectivity index (χ3n) is 4.96. The SMILES string of the molecule is O=C(NCc1ccnc(OCC(F)(F)F)c1)C1CCN(C(=O)c2ccc(F)cc2F)CC1. The molecule has 0 saturated carbocycles. The molecule has 1 saturated heterocycles. The van der Waals surface area contributed by atoms with E-state index >= 15 is 0 Å². The van der Waals surface area contributed by atoms with Crippen LogP contribution in [0.3, 0.4) is 0 Å². The molecule has 0 unspecified atom stereocenters. The second kappa shape index (κ2) is 9.92. The first-order chi connectivity index (χ1) is 15.1. The molecule has 1 aromatic heterocycles. The highest BCUT2D eigenvalue weighted by atomic mass is 19.4. The molecule has 172 valence electrons. The van der Waals surface area contributed by atoms with Gasteiger partial charge in [0.25, 0.3) is 5.91 Å². The van der Waals surface area contributed by atoms with E-state index < -0.39 is 30.3 Å². The Kier molecular flexibility index (Phi) is 7.26. The Bertz CT molecular complexity index is 975. The molecule has 0 atom stereocenters. The van der Waals surface area contributed by atoms with Crippen LogP contribution in [-0.2, 0) is 11.3 Å². The average Bonchev–Trinajstić information content (AvgIpc) is 2.75. The van der Waals surface area contributed by atoms with Gasteiger partial charge in [0.15, 0.2) is 6.61 Å². The topological polar surface area (TPSA) is 71.5 Å². The van der Waals surface area contributed by atoms with Crippen LogP contribution < -0.4 is 10.1 Å². The minimum Gasteiger partial charge on any atom is -0.468 e. The quantitative estimate of drug-likeness (QED) is 0.675. The van der Waals surface area contributed by atoms with Crippen molar-refractivity contribution in [3.8, 4) is 5.88 Å². The number of ether oxygens (including phenoxy) is 1. The van der Waals surface area contributed by atoms with Crippen molar-refractivity contribution in [1.82, 2.24) is 15.2 Å². The smallest absolute Gasteiger partial charge is 0.422 e. The molecule has 0 radical (unpaired) electrons. The van der Waals surface area contributed by atoms with Crippen molar-refractivity contribution >= 4 is 11.8 Å². The summed E-state index contributed by atoms with van der Waals surface area (Å²) < 4.78 is 68.2. The minimum atomic E-state index is -4.48. The lowest BCUT2D eigenvalue weighted by Gasteiger charge is -2.31. The van der Waals surface area contributed by atoms with Gasteiger partial charge in [0.2, 0.25) is 11.8 Å². The number of piperidine rings is 1. The van der Waals surface area contributed by atoms with Crippen molar-refractivity contribution < 1.29 is 36.3 Å². The zero-order valence-corrected chi connectivity index (χ0v) is 16.8. The van der Waals surface area contributed by atoms with E-state index in [2.05, 4.69) is 15.0 Å². The number of likely N-dealkylation sites (tertiary alicyclic amines) is 1. The van der Waals surface area contributed by atoms with Crippen LogP contribution in [0.5, 0.6) is 5.88 Å². The van der Waals surface area contributed by atoms with E-state index in [0.29, 0.717) is 24.5 Å². The summed E-state index contributed by atoms with van der Waals surface area (Å²) in [4.78, 5) is 30.0. The Labute approximate surface area is 180 Å². The van der Waals surface area contributed by atoms with Crippen LogP contribution >= 0.6 is 0 Å². The minimum absolute atomic E-state index is 0.0731. The third-order valence-corrected chi connectivity index (χ3v) is 4.96. The number of benzene rings is 1. The predicted octanol–water partition coefficient (Wildman–Crippen LogP) is 3.47. The van der Waals surface area contributed by atoms with Crippen molar-refractivity contribution in [2.24, 2.45) is 5.92 Å². The zero-order chi connectivity index (χ0) is 23.3. The number of pyridine rings is 1. The van der Waals surface area contributed by atoms with Crippen LogP contribution in [0.2, 0.25) is 0 Å². The van der Waals surface area contributed by atoms with Gasteiger partial charge in [-0.1, -0.05) is 0 Å². The van der Waals surface area contributed by atoms with Crippen LogP contribution in [0.25, 0.3) is 0 Å². The standard InChI is InChI=1S/C21H20F5N3O3/c22-15-1-2-16(17(23)10-15)20(31)29-7-4-14(5-8-29)19(30)28-11-13-3-6-27-18(9-13)32-12-21(24,25)26/h1-3,6,9-10,14H,4-5,7-8,11-12H2,(H,28,30). The molecule has 2 heterocycles. The monoisotopic (exact) mass is 457 g/mol. The van der Waals surface area contributed by atoms with Gasteiger partial charge in [0.1, 0.15) is 11.6 Å². The Morgan fingerprint density at radius 2 is 1.84 bits per heavy atom. The van der Waals surface area contributed by atoms with Crippen LogP contribution in [0.15, 0.2) is 36.5 Å². The number of hydrogen-bond acceptors (Lipinski definition) is 4. The Morgan fingerprint density at radius 3 is 2.50 bits per heavy atom. The summed E-state index contributed by atoms with van der Waals surface area (Å²) in [7, 11) is 0. The van der Waals surface area contributed by atoms with Gasteiger partial charge in [0.05, 0.1) is 5.56 Å². The van der Waals surface area contributed by atoms with E-state index in [4.69, 9.17) is 0 Å². The summed E-state index contributed by atoms with van der Waals surface area (Å²) >= 11 is 0. The van der Waals surface area contributed by atoms with Gasteiger partial charge < -0.3 is 15.0 Å². The van der Waals surface area contributed by atoms with Crippen LogP contribution in [0, 0.1) is 17.6 Å². The third kappa shape index (κ3) is 6.38. The molecule has 2 amide bonds. The normalized spacial score (nSPS) is 14.8. The lowest BCUT2D eigenvalue weighted by molar-refractivity contribution is -0.154. The number of nitrogens with one attached hydrogen (secondary N) is 1. The number of rotatable bonds is 6. The van der Waals surface area contributed by atoms with Gasteiger partial charge in [-0.3, -0.25) is 9.59 Å². The highest BCUT2D eigenvalue weighted by Crippen LogP contribution is 2.21. The van der Waals surface area contributed by atoms with Gasteiger partial charge in [0, 0.05) is 43.9 Å². The molecular weight excluding hydrogens is 437 g/mol. The van der Waals surface area contributed by atoms with E-state index in [0.717, 1.165) is 12.1 Å². The van der Waals surface area contributed by atoms with Gasteiger partial charge in [-0.25, -0.2) is 13.8 Å². The van der Waals surface area contributed by atoms with Gasteiger partial charge in [-0.05, 0) is 36.6 Å². The molecule has 6 nitrogen and oxygen atoms in total. The van der Waals surface area contributed by atoms with Crippen molar-refractivity contribution in [2.75, 3.05) is 19.7 Å². The molecule has 1 aliphatic rings. The summed E-state index contributed by atoms with van der Waals surface area (Å²) in [5.74, 6) is -3.12. The second-order valence-corrected chi connectivity index (χ2v) is 7.31. The summed E-state index contributed by atoms with van der Waals surface area (Å²) in [6.07, 6.45) is -2.48. The zero-order valence-electron chi connectivity index (χ0n) is 16.8. The van der Waals surface area contributed by atoms with Gasteiger partial charge in [-0.2, -0.15) is 13.2 Å². The predicted molar refractivity (Wildman–Crippen MR) is 103 cm³/mol. The number of aromatic nitrogens is 1. The molecule has 3 rings (SSSR count). The van der Waals surface area contributed by atoms with Crippen LogP contribution in [-0.4, -0.2) is 47.6 Å². The fourth-order valence-corrected chi connectivity index (χ4v) is 3.31. The first kappa shape index (κ1) is 23.4. The molecule has 0 aliphatic carbocycles. The maximum atomic E-state index is 13.8. The molecule has 0 bridgehead atoms. The Balaban J connectivity index is 1.48. The molecule has 11 heteroatoms. The Morgan fingerprint density at radius 1 is 1.12 bits per heavy atom. The first-order valence-electron chi connectivity index (χ1n) is 9.79. The van der Waals surface area contributed by atoms with E-state index in [1.807, 2.05) is 0 Å². The molecule has 1 aromatic carbocycles. The number of hydrogen-bond donors (Lipinski definition) is 1. The maximum absolute atomic E-state index is 13.8.